The van der Waals surface area contributed by atoms with E-state index in [2.05, 4.69) is 0 Å². The van der Waals surface area contributed by atoms with E-state index in [0.29, 0.717) is 0 Å². The maximum absolute atomic E-state index is 11.3. The van der Waals surface area contributed by atoms with E-state index in [-0.39, 0.29) is 6.54 Å². The second kappa shape index (κ2) is 3.49. The predicted molar refractivity (Wildman–Crippen MR) is 45.6 cm³/mol. The first-order valence-corrected chi connectivity index (χ1v) is 3.95. The number of rotatable bonds is 0. The van der Waals surface area contributed by atoms with Crippen molar-refractivity contribution in [2.45, 2.75) is 13.8 Å². The number of aliphatic hydroxyl groups excluding tert-OH is 1. The van der Waals surface area contributed by atoms with Gasteiger partial charge in [0.2, 0.25) is 17.7 Å². The number of hydrogen-bond acceptors (Lipinski definition) is 4. The van der Waals surface area contributed by atoms with Crippen molar-refractivity contribution in [3.05, 3.63) is 12.1 Å². The molecule has 0 radical (unpaired) electrons. The van der Waals surface area contributed by atoms with Crippen LogP contribution in [0.4, 0.5) is 0 Å². The van der Waals surface area contributed by atoms with Gasteiger partial charge in [-0.2, -0.15) is 0 Å². The van der Waals surface area contributed by atoms with Gasteiger partial charge in [0.15, 0.2) is 0 Å². The molecule has 0 saturated carbocycles. The summed E-state index contributed by atoms with van der Waals surface area (Å²) in [6, 6.07) is 0. The summed E-state index contributed by atoms with van der Waals surface area (Å²) in [5.74, 6) is -1.88. The molecule has 1 rings (SSSR count). The summed E-state index contributed by atoms with van der Waals surface area (Å²) in [5, 5.41) is 9.30. The summed E-state index contributed by atoms with van der Waals surface area (Å²) in [6.07, 6.45) is 0.940. The number of nitrogens with zero attached hydrogens (tertiary/aromatic N) is 2. The van der Waals surface area contributed by atoms with E-state index in [1.54, 1.807) is 0 Å². The smallest absolute Gasteiger partial charge is 0.253 e. The summed E-state index contributed by atoms with van der Waals surface area (Å²) >= 11 is 0. The molecule has 1 aliphatic heterocycles. The van der Waals surface area contributed by atoms with Crippen molar-refractivity contribution in [2.75, 3.05) is 6.54 Å². The minimum atomic E-state index is -0.537. The molecule has 1 aliphatic rings. The lowest BCUT2D eigenvalue weighted by molar-refractivity contribution is -0.147. The Morgan fingerprint density at radius 3 is 2.36 bits per heavy atom. The van der Waals surface area contributed by atoms with Crippen molar-refractivity contribution in [1.29, 1.82) is 0 Å². The van der Waals surface area contributed by atoms with Gasteiger partial charge in [0.1, 0.15) is 6.54 Å². The molecule has 0 aromatic carbocycles. The number of carbonyl (C=O) groups is 3. The second-order valence-electron chi connectivity index (χ2n) is 2.88. The third kappa shape index (κ3) is 1.73. The molecule has 14 heavy (non-hydrogen) atoms. The zero-order chi connectivity index (χ0) is 10.9. The largest absolute Gasteiger partial charge is 0.493 e. The first-order valence-electron chi connectivity index (χ1n) is 3.95. The van der Waals surface area contributed by atoms with Crippen LogP contribution in [0.25, 0.3) is 0 Å². The first-order chi connectivity index (χ1) is 6.43. The average molecular weight is 198 g/mol. The fourth-order valence-corrected chi connectivity index (χ4v) is 1.09. The SMILES string of the molecule is CC(=O)N1C=C(O)N(C(C)=O)CC1=O. The predicted octanol–water partition coefficient (Wildman–Crippen LogP) is -0.420. The molecule has 6 nitrogen and oxygen atoms in total. The molecule has 3 amide bonds. The van der Waals surface area contributed by atoms with Crippen LogP contribution in [0.1, 0.15) is 13.8 Å². The van der Waals surface area contributed by atoms with Crippen molar-refractivity contribution in [2.24, 2.45) is 0 Å². The van der Waals surface area contributed by atoms with Crippen LogP contribution in [0.5, 0.6) is 0 Å². The highest BCUT2D eigenvalue weighted by molar-refractivity contribution is 5.98. The minimum absolute atomic E-state index is 0.308. The normalized spacial score (nSPS) is 16.7. The Balaban J connectivity index is 2.98. The first kappa shape index (κ1) is 10.2. The fourth-order valence-electron chi connectivity index (χ4n) is 1.09. The van der Waals surface area contributed by atoms with E-state index >= 15 is 0 Å². The topological polar surface area (TPSA) is 77.9 Å². The van der Waals surface area contributed by atoms with Gasteiger partial charge in [0, 0.05) is 13.8 Å². The number of hydrogen-bond donors (Lipinski definition) is 1. The van der Waals surface area contributed by atoms with Crippen LogP contribution in [0.15, 0.2) is 12.1 Å². The van der Waals surface area contributed by atoms with Gasteiger partial charge in [-0.25, -0.2) is 0 Å². The zero-order valence-electron chi connectivity index (χ0n) is 7.85. The van der Waals surface area contributed by atoms with Gasteiger partial charge in [0.25, 0.3) is 5.91 Å². The molecular formula is C8H10N2O4. The molecule has 0 saturated heterocycles. The quantitative estimate of drug-likeness (QED) is 0.573. The molecule has 0 atom stereocenters. The Morgan fingerprint density at radius 2 is 1.93 bits per heavy atom. The Kier molecular flexibility index (Phi) is 2.55. The van der Waals surface area contributed by atoms with Gasteiger partial charge in [-0.1, -0.05) is 0 Å². The number of carbonyl (C=O) groups excluding carboxylic acids is 3. The number of amides is 3. The summed E-state index contributed by atoms with van der Waals surface area (Å²) in [4.78, 5) is 34.7. The molecule has 1 N–H and O–H groups in total. The summed E-state index contributed by atoms with van der Waals surface area (Å²) in [6.45, 7) is 2.11. The molecular weight excluding hydrogens is 188 g/mol. The Labute approximate surface area is 80.4 Å². The van der Waals surface area contributed by atoms with E-state index in [4.69, 9.17) is 0 Å². The van der Waals surface area contributed by atoms with E-state index in [1.807, 2.05) is 0 Å². The number of aliphatic hydroxyl groups is 1. The van der Waals surface area contributed by atoms with Crippen LogP contribution in [-0.2, 0) is 14.4 Å². The highest BCUT2D eigenvalue weighted by Gasteiger charge is 2.28. The summed E-state index contributed by atoms with van der Waals surface area (Å²) < 4.78 is 0. The van der Waals surface area contributed by atoms with E-state index < -0.39 is 23.6 Å². The zero-order valence-corrected chi connectivity index (χ0v) is 7.85. The van der Waals surface area contributed by atoms with E-state index in [1.165, 1.54) is 13.8 Å². The van der Waals surface area contributed by atoms with Gasteiger partial charge in [-0.15, -0.1) is 0 Å². The van der Waals surface area contributed by atoms with E-state index in [0.717, 1.165) is 16.0 Å². The van der Waals surface area contributed by atoms with Crippen molar-refractivity contribution in [3.8, 4) is 0 Å². The maximum Gasteiger partial charge on any atom is 0.253 e. The van der Waals surface area contributed by atoms with Gasteiger partial charge in [-0.3, -0.25) is 24.2 Å². The second-order valence-corrected chi connectivity index (χ2v) is 2.88. The molecule has 0 aromatic heterocycles. The van der Waals surface area contributed by atoms with Crippen LogP contribution in [-0.4, -0.2) is 39.2 Å². The third-order valence-electron chi connectivity index (χ3n) is 1.80. The molecule has 6 heteroatoms. The van der Waals surface area contributed by atoms with Crippen LogP contribution in [0, 0.1) is 0 Å². The number of imide groups is 1. The molecule has 0 bridgehead atoms. The van der Waals surface area contributed by atoms with Crippen LogP contribution >= 0.6 is 0 Å². The lowest BCUT2D eigenvalue weighted by atomic mass is 10.3. The minimum Gasteiger partial charge on any atom is -0.493 e. The molecule has 0 aromatic rings. The third-order valence-corrected chi connectivity index (χ3v) is 1.80. The van der Waals surface area contributed by atoms with Crippen LogP contribution in [0.2, 0.25) is 0 Å². The lowest BCUT2D eigenvalue weighted by Gasteiger charge is -2.27. The van der Waals surface area contributed by atoms with Crippen molar-refractivity contribution in [1.82, 2.24) is 9.80 Å². The molecule has 0 spiro atoms. The highest BCUT2D eigenvalue weighted by atomic mass is 16.3. The van der Waals surface area contributed by atoms with Gasteiger partial charge in [0.05, 0.1) is 6.20 Å². The molecule has 0 fully saturated rings. The Hall–Kier alpha value is -1.85. The van der Waals surface area contributed by atoms with Crippen molar-refractivity contribution in [3.63, 3.8) is 0 Å². The summed E-state index contributed by atoms with van der Waals surface area (Å²) in [7, 11) is 0. The summed E-state index contributed by atoms with van der Waals surface area (Å²) in [5.41, 5.74) is 0. The lowest BCUT2D eigenvalue weighted by Crippen LogP contribution is -2.46. The van der Waals surface area contributed by atoms with Crippen LogP contribution < -0.4 is 0 Å². The van der Waals surface area contributed by atoms with E-state index in [9.17, 15) is 19.5 Å². The molecule has 0 aliphatic carbocycles. The molecule has 76 valence electrons. The molecule has 0 unspecified atom stereocenters. The van der Waals surface area contributed by atoms with Crippen molar-refractivity contribution >= 4 is 17.7 Å². The highest BCUT2D eigenvalue weighted by Crippen LogP contribution is 2.11. The Morgan fingerprint density at radius 1 is 1.36 bits per heavy atom. The average Bonchev–Trinajstić information content (AvgIpc) is 2.07. The fraction of sp³-hybridized carbons (Fsp3) is 0.375. The Bertz CT molecular complexity index is 334. The maximum atomic E-state index is 11.3. The van der Waals surface area contributed by atoms with Crippen LogP contribution in [0.3, 0.4) is 0 Å². The molecule has 1 heterocycles. The monoisotopic (exact) mass is 198 g/mol. The van der Waals surface area contributed by atoms with Crippen molar-refractivity contribution < 1.29 is 19.5 Å². The van der Waals surface area contributed by atoms with Gasteiger partial charge in [-0.05, 0) is 0 Å². The van der Waals surface area contributed by atoms with Gasteiger partial charge < -0.3 is 5.11 Å². The van der Waals surface area contributed by atoms with Gasteiger partial charge >= 0.3 is 0 Å². The standard InChI is InChI=1S/C8H10N2O4/c1-5(11)9-3-8(14)10(6(2)12)4-7(9)13/h3,14H,4H2,1-2H3.